The van der Waals surface area contributed by atoms with Gasteiger partial charge in [0.05, 0.1) is 22.8 Å². The van der Waals surface area contributed by atoms with Crippen LogP contribution in [0.2, 0.25) is 0 Å². The minimum absolute atomic E-state index is 0.00365. The Hall–Kier alpha value is -3.85. The highest BCUT2D eigenvalue weighted by molar-refractivity contribution is 5.83. The van der Waals surface area contributed by atoms with Crippen LogP contribution in [0.15, 0.2) is 59.8 Å². The number of hydrogen-bond acceptors (Lipinski definition) is 6. The topological polar surface area (TPSA) is 89.1 Å². The molecule has 7 nitrogen and oxygen atoms in total. The largest absolute Gasteiger partial charge is 0.384 e. The van der Waals surface area contributed by atoms with Crippen LogP contribution < -0.4 is 21.4 Å². The van der Waals surface area contributed by atoms with E-state index >= 15 is 4.39 Å². The second-order valence-corrected chi connectivity index (χ2v) is 10.7. The number of benzene rings is 1. The Morgan fingerprint density at radius 2 is 1.95 bits per heavy atom. The van der Waals surface area contributed by atoms with Crippen LogP contribution in [0.25, 0.3) is 10.9 Å². The number of piperidine rings is 1. The van der Waals surface area contributed by atoms with E-state index in [-0.39, 0.29) is 41.0 Å². The van der Waals surface area contributed by atoms with Crippen molar-refractivity contribution in [1.29, 1.82) is 0 Å². The zero-order valence-corrected chi connectivity index (χ0v) is 21.9. The van der Waals surface area contributed by atoms with Crippen LogP contribution in [0.4, 0.5) is 20.3 Å². The number of pyridine rings is 3. The van der Waals surface area contributed by atoms with Gasteiger partial charge < -0.3 is 20.5 Å². The van der Waals surface area contributed by atoms with Gasteiger partial charge in [-0.15, -0.1) is 0 Å². The summed E-state index contributed by atoms with van der Waals surface area (Å²) < 4.78 is 32.0. The lowest BCUT2D eigenvalue weighted by Crippen LogP contribution is -2.55. The van der Waals surface area contributed by atoms with E-state index in [0.717, 1.165) is 55.2 Å². The molecule has 202 valence electrons. The van der Waals surface area contributed by atoms with Crippen molar-refractivity contribution in [3.8, 4) is 0 Å². The minimum Gasteiger partial charge on any atom is -0.384 e. The lowest BCUT2D eigenvalue weighted by atomic mass is 9.90. The quantitative estimate of drug-likeness (QED) is 0.361. The number of aromatic nitrogens is 3. The second-order valence-electron chi connectivity index (χ2n) is 10.7. The van der Waals surface area contributed by atoms with Crippen molar-refractivity contribution in [2.24, 2.45) is 0 Å². The predicted octanol–water partition coefficient (Wildman–Crippen LogP) is 4.67. The zero-order valence-electron chi connectivity index (χ0n) is 21.9. The van der Waals surface area contributed by atoms with Gasteiger partial charge in [0.2, 0.25) is 0 Å². The molecular weight excluding hydrogens is 498 g/mol. The van der Waals surface area contributed by atoms with Gasteiger partial charge in [-0.25, -0.2) is 13.8 Å². The summed E-state index contributed by atoms with van der Waals surface area (Å²) in [6.07, 6.45) is 9.66. The third-order valence-electron chi connectivity index (χ3n) is 7.99. The predicted molar refractivity (Wildman–Crippen MR) is 149 cm³/mol. The van der Waals surface area contributed by atoms with Crippen LogP contribution in [-0.4, -0.2) is 33.2 Å². The molecule has 0 bridgehead atoms. The maximum atomic E-state index is 15.3. The Labute approximate surface area is 225 Å². The van der Waals surface area contributed by atoms with Gasteiger partial charge in [0, 0.05) is 67.0 Å². The maximum Gasteiger partial charge on any atom is 0.189 e. The van der Waals surface area contributed by atoms with Crippen LogP contribution in [-0.2, 0) is 13.0 Å². The number of aryl methyl sites for hydroxylation is 1. The molecule has 4 aromatic rings. The first-order valence-corrected chi connectivity index (χ1v) is 13.5. The molecule has 1 saturated carbocycles. The summed E-state index contributed by atoms with van der Waals surface area (Å²) in [5.74, 6) is -1.44. The molecule has 4 heterocycles. The molecule has 2 fully saturated rings. The number of anilines is 2. The van der Waals surface area contributed by atoms with E-state index in [4.69, 9.17) is 5.73 Å². The Morgan fingerprint density at radius 3 is 2.69 bits per heavy atom. The monoisotopic (exact) mass is 530 g/mol. The molecule has 2 atom stereocenters. The Kier molecular flexibility index (Phi) is 6.76. The molecule has 1 aliphatic heterocycles. The van der Waals surface area contributed by atoms with Gasteiger partial charge in [0.1, 0.15) is 5.82 Å². The third kappa shape index (κ3) is 5.11. The van der Waals surface area contributed by atoms with Gasteiger partial charge in [-0.2, -0.15) is 0 Å². The van der Waals surface area contributed by atoms with Crippen LogP contribution in [0.1, 0.15) is 48.5 Å². The molecule has 1 aromatic carbocycles. The fourth-order valence-electron chi connectivity index (χ4n) is 5.89. The SMILES string of the molecule is Cc1ccc(N2CCC[C@H](NCc3c(F)c(F)cc4c3c(=O)ccn4C3CC3)C2Cc2ccnc(N)c2)cn1. The summed E-state index contributed by atoms with van der Waals surface area (Å²) >= 11 is 0. The van der Waals surface area contributed by atoms with Crippen molar-refractivity contribution in [2.75, 3.05) is 17.2 Å². The molecule has 0 amide bonds. The third-order valence-corrected chi connectivity index (χ3v) is 7.99. The minimum atomic E-state index is -0.963. The van der Waals surface area contributed by atoms with Gasteiger partial charge in [-0.1, -0.05) is 0 Å². The average molecular weight is 531 g/mol. The van der Waals surface area contributed by atoms with Crippen molar-refractivity contribution in [3.05, 3.63) is 93.7 Å². The first-order valence-electron chi connectivity index (χ1n) is 13.5. The highest BCUT2D eigenvalue weighted by Gasteiger charge is 2.33. The first-order chi connectivity index (χ1) is 18.9. The van der Waals surface area contributed by atoms with Crippen LogP contribution in [0, 0.1) is 18.6 Å². The first kappa shape index (κ1) is 25.4. The molecule has 2 aliphatic rings. The van der Waals surface area contributed by atoms with Crippen molar-refractivity contribution in [2.45, 2.75) is 63.7 Å². The van der Waals surface area contributed by atoms with Gasteiger partial charge >= 0.3 is 0 Å². The summed E-state index contributed by atoms with van der Waals surface area (Å²) in [6.45, 7) is 2.85. The summed E-state index contributed by atoms with van der Waals surface area (Å²) in [6, 6.07) is 10.7. The molecule has 0 radical (unpaired) electrons. The smallest absolute Gasteiger partial charge is 0.189 e. The molecule has 1 saturated heterocycles. The highest BCUT2D eigenvalue weighted by atomic mass is 19.2. The molecule has 3 aromatic heterocycles. The molecule has 1 aliphatic carbocycles. The summed E-state index contributed by atoms with van der Waals surface area (Å²) in [5.41, 5.74) is 9.22. The average Bonchev–Trinajstić information content (AvgIpc) is 3.76. The number of rotatable bonds is 7. The van der Waals surface area contributed by atoms with Gasteiger partial charge in [0.15, 0.2) is 17.1 Å². The summed E-state index contributed by atoms with van der Waals surface area (Å²) in [7, 11) is 0. The number of nitrogen functional groups attached to an aromatic ring is 1. The Balaban J connectivity index is 1.35. The fraction of sp³-hybridized carbons (Fsp3) is 0.367. The molecule has 0 spiro atoms. The Morgan fingerprint density at radius 1 is 1.10 bits per heavy atom. The standard InChI is InChI=1S/C30H32F2N6O/c1-18-4-5-21(16-35-18)37-11-2-3-24(25(37)13-19-8-10-34-28(33)14-19)36-17-22-29-26(15-23(31)30(22)32)38(20-6-7-20)12-9-27(29)39/h4-5,8-10,12,14-16,20,24-25,36H,2-3,6-7,11,13,17H2,1H3,(H2,33,34)/t24-,25?/m0/s1. The van der Waals surface area contributed by atoms with E-state index in [2.05, 4.69) is 26.3 Å². The van der Waals surface area contributed by atoms with Crippen LogP contribution >= 0.6 is 0 Å². The molecule has 3 N–H and O–H groups in total. The van der Waals surface area contributed by atoms with Gasteiger partial charge in [-0.3, -0.25) is 9.78 Å². The number of hydrogen-bond donors (Lipinski definition) is 2. The van der Waals surface area contributed by atoms with Crippen LogP contribution in [0.5, 0.6) is 0 Å². The van der Waals surface area contributed by atoms with Gasteiger partial charge in [0.25, 0.3) is 0 Å². The fourth-order valence-corrected chi connectivity index (χ4v) is 5.89. The van der Waals surface area contributed by atoms with E-state index in [9.17, 15) is 9.18 Å². The maximum absolute atomic E-state index is 15.3. The molecule has 39 heavy (non-hydrogen) atoms. The lowest BCUT2D eigenvalue weighted by molar-refractivity contribution is 0.334. The van der Waals surface area contributed by atoms with E-state index in [1.165, 1.54) is 6.07 Å². The van der Waals surface area contributed by atoms with E-state index in [1.807, 2.05) is 35.9 Å². The van der Waals surface area contributed by atoms with E-state index < -0.39 is 11.6 Å². The van der Waals surface area contributed by atoms with Crippen molar-refractivity contribution < 1.29 is 8.78 Å². The lowest BCUT2D eigenvalue weighted by Gasteiger charge is -2.43. The van der Waals surface area contributed by atoms with E-state index in [1.54, 1.807) is 12.4 Å². The number of nitrogens with one attached hydrogen (secondary N) is 1. The molecule has 9 heteroatoms. The number of nitrogens with zero attached hydrogens (tertiary/aromatic N) is 4. The molecule has 6 rings (SSSR count). The van der Waals surface area contributed by atoms with Gasteiger partial charge in [-0.05, 0) is 68.9 Å². The molecule has 1 unspecified atom stereocenters. The highest BCUT2D eigenvalue weighted by Crippen LogP contribution is 2.37. The second kappa shape index (κ2) is 10.4. The Bertz CT molecular complexity index is 1570. The van der Waals surface area contributed by atoms with E-state index in [0.29, 0.717) is 17.8 Å². The normalized spacial score (nSPS) is 19.5. The summed E-state index contributed by atoms with van der Waals surface area (Å²) in [5, 5.41) is 3.78. The van der Waals surface area contributed by atoms with Crippen molar-refractivity contribution >= 4 is 22.4 Å². The van der Waals surface area contributed by atoms with Crippen molar-refractivity contribution in [1.82, 2.24) is 19.9 Å². The molecular formula is C30H32F2N6O. The number of halogens is 2. The van der Waals surface area contributed by atoms with Crippen molar-refractivity contribution in [3.63, 3.8) is 0 Å². The zero-order chi connectivity index (χ0) is 27.1. The summed E-state index contributed by atoms with van der Waals surface area (Å²) in [4.78, 5) is 23.9. The number of nitrogens with two attached hydrogens (primary N) is 1. The number of fused-ring (bicyclic) bond motifs is 1. The van der Waals surface area contributed by atoms with Crippen LogP contribution in [0.3, 0.4) is 0 Å².